The number of thiophene rings is 1. The maximum Gasteiger partial charge on any atom is 0.373 e. The van der Waals surface area contributed by atoms with Crippen LogP contribution in [-0.4, -0.2) is 18.9 Å². The molecular weight excluding hydrogens is 276 g/mol. The van der Waals surface area contributed by atoms with E-state index in [1.807, 2.05) is 24.3 Å². The van der Waals surface area contributed by atoms with Gasteiger partial charge in [0.1, 0.15) is 0 Å². The average Bonchev–Trinajstić information content (AvgIpc) is 3.12. The van der Waals surface area contributed by atoms with Crippen molar-refractivity contribution in [3.8, 4) is 0 Å². The fourth-order valence-corrected chi connectivity index (χ4v) is 2.90. The Balaban J connectivity index is 2.00. The number of fused-ring (bicyclic) bond motifs is 1. The average molecular weight is 286 g/mol. The normalized spacial score (nSPS) is 10.7. The van der Waals surface area contributed by atoms with Crippen LogP contribution in [-0.2, 0) is 4.74 Å². The molecule has 2 aromatic heterocycles. The first-order valence-electron chi connectivity index (χ1n) is 5.90. The Kier molecular flexibility index (Phi) is 3.12. The lowest BCUT2D eigenvalue weighted by Gasteiger charge is -1.96. The van der Waals surface area contributed by atoms with Crippen LogP contribution in [0.3, 0.4) is 0 Å². The molecule has 100 valence electrons. The molecule has 0 radical (unpaired) electrons. The maximum absolute atomic E-state index is 12.4. The standard InChI is InChI=1S/C15H10O4S/c1-18-15(17)12-7-6-11(19-12)14(16)10-8-20-13-5-3-2-4-9(10)13/h2-8H,1H3. The molecule has 0 fully saturated rings. The van der Waals surface area contributed by atoms with Gasteiger partial charge in [-0.25, -0.2) is 4.79 Å². The Morgan fingerprint density at radius 1 is 1.10 bits per heavy atom. The number of furan rings is 1. The Morgan fingerprint density at radius 2 is 1.85 bits per heavy atom. The number of hydrogen-bond donors (Lipinski definition) is 0. The molecule has 2 heterocycles. The minimum atomic E-state index is -0.598. The van der Waals surface area contributed by atoms with E-state index in [4.69, 9.17) is 4.42 Å². The summed E-state index contributed by atoms with van der Waals surface area (Å²) in [4.78, 5) is 23.7. The van der Waals surface area contributed by atoms with Gasteiger partial charge in [0.25, 0.3) is 0 Å². The summed E-state index contributed by atoms with van der Waals surface area (Å²) in [5, 5.41) is 2.69. The molecule has 4 nitrogen and oxygen atoms in total. The summed E-state index contributed by atoms with van der Waals surface area (Å²) < 4.78 is 10.8. The van der Waals surface area contributed by atoms with Crippen molar-refractivity contribution in [2.75, 3.05) is 7.11 Å². The third kappa shape index (κ3) is 2.02. The largest absolute Gasteiger partial charge is 0.463 e. The van der Waals surface area contributed by atoms with E-state index in [1.54, 1.807) is 5.38 Å². The van der Waals surface area contributed by atoms with Crippen molar-refractivity contribution in [2.45, 2.75) is 0 Å². The van der Waals surface area contributed by atoms with Gasteiger partial charge in [0.15, 0.2) is 5.76 Å². The third-order valence-corrected chi connectivity index (χ3v) is 3.91. The van der Waals surface area contributed by atoms with E-state index < -0.39 is 5.97 Å². The number of ether oxygens (including phenoxy) is 1. The predicted molar refractivity (Wildman–Crippen MR) is 75.3 cm³/mol. The number of methoxy groups -OCH3 is 1. The van der Waals surface area contributed by atoms with Gasteiger partial charge in [0.2, 0.25) is 11.5 Å². The summed E-state index contributed by atoms with van der Waals surface area (Å²) in [5.74, 6) is -0.679. The van der Waals surface area contributed by atoms with Crippen LogP contribution >= 0.6 is 11.3 Å². The molecule has 0 aliphatic carbocycles. The van der Waals surface area contributed by atoms with Gasteiger partial charge in [-0.3, -0.25) is 4.79 Å². The van der Waals surface area contributed by atoms with Crippen LogP contribution in [0, 0.1) is 0 Å². The van der Waals surface area contributed by atoms with E-state index in [0.717, 1.165) is 10.1 Å². The molecule has 5 heteroatoms. The van der Waals surface area contributed by atoms with Gasteiger partial charge in [0, 0.05) is 21.0 Å². The second-order valence-corrected chi connectivity index (χ2v) is 5.04. The van der Waals surface area contributed by atoms with Crippen LogP contribution < -0.4 is 0 Å². The van der Waals surface area contributed by atoms with Crippen molar-refractivity contribution in [3.63, 3.8) is 0 Å². The molecule has 0 bridgehead atoms. The summed E-state index contributed by atoms with van der Waals surface area (Å²) in [5.41, 5.74) is 0.580. The Bertz CT molecular complexity index is 797. The van der Waals surface area contributed by atoms with Gasteiger partial charge in [0.05, 0.1) is 7.11 Å². The van der Waals surface area contributed by atoms with Gasteiger partial charge < -0.3 is 9.15 Å². The van der Waals surface area contributed by atoms with E-state index in [1.165, 1.54) is 30.6 Å². The highest BCUT2D eigenvalue weighted by molar-refractivity contribution is 7.17. The lowest BCUT2D eigenvalue weighted by Crippen LogP contribution is -2.00. The molecule has 20 heavy (non-hydrogen) atoms. The molecule has 1 aromatic carbocycles. The Morgan fingerprint density at radius 3 is 2.65 bits per heavy atom. The third-order valence-electron chi connectivity index (χ3n) is 2.94. The zero-order valence-corrected chi connectivity index (χ0v) is 11.4. The van der Waals surface area contributed by atoms with Crippen molar-refractivity contribution in [3.05, 3.63) is 58.9 Å². The first-order chi connectivity index (χ1) is 9.70. The molecule has 0 aliphatic rings. The Labute approximate surface area is 118 Å². The highest BCUT2D eigenvalue weighted by atomic mass is 32.1. The number of esters is 1. The van der Waals surface area contributed by atoms with Gasteiger partial charge in [-0.2, -0.15) is 0 Å². The molecule has 0 spiro atoms. The van der Waals surface area contributed by atoms with Crippen LogP contribution in [0.1, 0.15) is 26.7 Å². The molecular formula is C15H10O4S. The zero-order chi connectivity index (χ0) is 14.1. The van der Waals surface area contributed by atoms with Gasteiger partial charge in [-0.1, -0.05) is 18.2 Å². The van der Waals surface area contributed by atoms with Gasteiger partial charge in [-0.05, 0) is 18.2 Å². The van der Waals surface area contributed by atoms with E-state index >= 15 is 0 Å². The molecule has 0 N–H and O–H groups in total. The lowest BCUT2D eigenvalue weighted by molar-refractivity contribution is 0.0563. The SMILES string of the molecule is COC(=O)c1ccc(C(=O)c2csc3ccccc23)o1. The minimum absolute atomic E-state index is 0.0235. The summed E-state index contributed by atoms with van der Waals surface area (Å²) in [6, 6.07) is 10.6. The fraction of sp³-hybridized carbons (Fsp3) is 0.0667. The number of benzene rings is 1. The van der Waals surface area contributed by atoms with Crippen LogP contribution in [0.2, 0.25) is 0 Å². The highest BCUT2D eigenvalue weighted by Gasteiger charge is 2.19. The lowest BCUT2D eigenvalue weighted by atomic mass is 10.1. The van der Waals surface area contributed by atoms with E-state index in [0.29, 0.717) is 5.56 Å². The van der Waals surface area contributed by atoms with Gasteiger partial charge in [-0.15, -0.1) is 11.3 Å². The summed E-state index contributed by atoms with van der Waals surface area (Å²) in [7, 11) is 1.26. The van der Waals surface area contributed by atoms with Crippen LogP contribution in [0.4, 0.5) is 0 Å². The zero-order valence-electron chi connectivity index (χ0n) is 10.6. The fourth-order valence-electron chi connectivity index (χ4n) is 1.96. The van der Waals surface area contributed by atoms with Gasteiger partial charge >= 0.3 is 5.97 Å². The van der Waals surface area contributed by atoms with Crippen molar-refractivity contribution in [1.82, 2.24) is 0 Å². The number of ketones is 1. The predicted octanol–water partition coefficient (Wildman–Crippen LogP) is 3.51. The monoisotopic (exact) mass is 286 g/mol. The number of carbonyl (C=O) groups is 2. The number of carbonyl (C=O) groups excluding carboxylic acids is 2. The first kappa shape index (κ1) is 12.6. The van der Waals surface area contributed by atoms with Crippen LogP contribution in [0.15, 0.2) is 46.2 Å². The number of rotatable bonds is 3. The summed E-state index contributed by atoms with van der Waals surface area (Å²) in [6.45, 7) is 0. The Hall–Kier alpha value is -2.40. The minimum Gasteiger partial charge on any atom is -0.463 e. The van der Waals surface area contributed by atoms with Crippen molar-refractivity contribution < 1.29 is 18.7 Å². The summed E-state index contributed by atoms with van der Waals surface area (Å²) >= 11 is 1.50. The second-order valence-electron chi connectivity index (χ2n) is 4.13. The van der Waals surface area contributed by atoms with E-state index in [9.17, 15) is 9.59 Å². The molecule has 0 amide bonds. The van der Waals surface area contributed by atoms with Crippen molar-refractivity contribution in [1.29, 1.82) is 0 Å². The molecule has 3 aromatic rings. The molecule has 0 aliphatic heterocycles. The quantitative estimate of drug-likeness (QED) is 0.546. The van der Waals surface area contributed by atoms with E-state index in [2.05, 4.69) is 4.74 Å². The van der Waals surface area contributed by atoms with Crippen LogP contribution in [0.5, 0.6) is 0 Å². The van der Waals surface area contributed by atoms with Crippen LogP contribution in [0.25, 0.3) is 10.1 Å². The molecule has 0 atom stereocenters. The topological polar surface area (TPSA) is 56.5 Å². The maximum atomic E-state index is 12.4. The molecule has 3 rings (SSSR count). The number of hydrogen-bond acceptors (Lipinski definition) is 5. The van der Waals surface area contributed by atoms with Crippen molar-refractivity contribution in [2.24, 2.45) is 0 Å². The molecule has 0 saturated heterocycles. The second kappa shape index (κ2) is 4.94. The smallest absolute Gasteiger partial charge is 0.373 e. The molecule has 0 unspecified atom stereocenters. The summed E-state index contributed by atoms with van der Waals surface area (Å²) in [6.07, 6.45) is 0. The first-order valence-corrected chi connectivity index (χ1v) is 6.78. The highest BCUT2D eigenvalue weighted by Crippen LogP contribution is 2.28. The van der Waals surface area contributed by atoms with Crippen molar-refractivity contribution >= 4 is 33.2 Å². The molecule has 0 saturated carbocycles. The van der Waals surface area contributed by atoms with E-state index in [-0.39, 0.29) is 17.3 Å².